The molecule has 1 rings (SSSR count). The maximum atomic E-state index is 12.0. The third kappa shape index (κ3) is 3.83. The molecule has 108 valence electrons. The third-order valence-electron chi connectivity index (χ3n) is 3.27. The smallest absolute Gasteiger partial charge is 0.182 e. The van der Waals surface area contributed by atoms with Crippen molar-refractivity contribution in [1.29, 1.82) is 0 Å². The lowest BCUT2D eigenvalue weighted by atomic mass is 10.1. The van der Waals surface area contributed by atoms with Gasteiger partial charge in [0.05, 0.1) is 17.5 Å². The van der Waals surface area contributed by atoms with Gasteiger partial charge in [0.15, 0.2) is 5.78 Å². The minimum Gasteiger partial charge on any atom is -0.374 e. The van der Waals surface area contributed by atoms with Gasteiger partial charge < -0.3 is 9.30 Å². The molecule has 0 fully saturated rings. The molecule has 0 aliphatic carbocycles. The second-order valence-corrected chi connectivity index (χ2v) is 6.20. The van der Waals surface area contributed by atoms with Crippen LogP contribution >= 0.6 is 11.6 Å². The highest BCUT2D eigenvalue weighted by Gasteiger charge is 2.24. The van der Waals surface area contributed by atoms with Gasteiger partial charge in [0.1, 0.15) is 0 Å². The molecule has 0 bridgehead atoms. The molecule has 1 unspecified atom stereocenters. The molecule has 0 N–H and O–H groups in total. The number of hydrogen-bond donors (Lipinski definition) is 0. The number of ether oxygens (including phenoxy) is 1. The van der Waals surface area contributed by atoms with Crippen LogP contribution < -0.4 is 0 Å². The van der Waals surface area contributed by atoms with E-state index in [1.54, 1.807) is 6.92 Å². The van der Waals surface area contributed by atoms with Crippen LogP contribution in [0.25, 0.3) is 0 Å². The SMILES string of the molecule is CCOC(C)(C)Cn1c(C)cc(C(=O)C(C)Cl)c1C. The monoisotopic (exact) mass is 285 g/mol. The molecule has 4 heteroatoms. The minimum absolute atomic E-state index is 0.0183. The van der Waals surface area contributed by atoms with Crippen LogP contribution in [0.5, 0.6) is 0 Å². The van der Waals surface area contributed by atoms with Crippen LogP contribution in [-0.2, 0) is 11.3 Å². The average molecular weight is 286 g/mol. The molecule has 0 saturated heterocycles. The predicted molar refractivity (Wildman–Crippen MR) is 79.3 cm³/mol. The number of hydrogen-bond acceptors (Lipinski definition) is 2. The summed E-state index contributed by atoms with van der Waals surface area (Å²) in [6, 6.07) is 1.92. The summed E-state index contributed by atoms with van der Waals surface area (Å²) in [7, 11) is 0. The van der Waals surface area contributed by atoms with E-state index in [1.807, 2.05) is 26.8 Å². The molecule has 1 aromatic heterocycles. The van der Waals surface area contributed by atoms with Crippen molar-refractivity contribution in [3.8, 4) is 0 Å². The molecule has 3 nitrogen and oxygen atoms in total. The summed E-state index contributed by atoms with van der Waals surface area (Å²) in [5, 5.41) is -0.492. The maximum absolute atomic E-state index is 12.0. The molecule has 0 amide bonds. The van der Waals surface area contributed by atoms with Crippen LogP contribution in [0, 0.1) is 13.8 Å². The Balaban J connectivity index is 3.07. The highest BCUT2D eigenvalue weighted by Crippen LogP contribution is 2.22. The largest absolute Gasteiger partial charge is 0.374 e. The Morgan fingerprint density at radius 3 is 2.53 bits per heavy atom. The van der Waals surface area contributed by atoms with Gasteiger partial charge in [0, 0.05) is 23.6 Å². The van der Waals surface area contributed by atoms with Crippen molar-refractivity contribution in [2.24, 2.45) is 0 Å². The van der Waals surface area contributed by atoms with Crippen LogP contribution in [-0.4, -0.2) is 27.9 Å². The van der Waals surface area contributed by atoms with E-state index in [0.29, 0.717) is 12.2 Å². The molecule has 19 heavy (non-hydrogen) atoms. The molecule has 1 aromatic rings. The first-order chi connectivity index (χ1) is 8.69. The Kier molecular flexibility index (Phi) is 5.22. The second-order valence-electron chi connectivity index (χ2n) is 5.54. The van der Waals surface area contributed by atoms with Crippen molar-refractivity contribution in [2.45, 2.75) is 59.1 Å². The van der Waals surface area contributed by atoms with Crippen LogP contribution in [0.15, 0.2) is 6.07 Å². The molecule has 0 radical (unpaired) electrons. The van der Waals surface area contributed by atoms with E-state index >= 15 is 0 Å². The maximum Gasteiger partial charge on any atom is 0.182 e. The highest BCUT2D eigenvalue weighted by atomic mass is 35.5. The number of halogens is 1. The van der Waals surface area contributed by atoms with Crippen LogP contribution in [0.2, 0.25) is 0 Å². The standard InChI is InChI=1S/C15H24ClNO2/c1-7-19-15(5,6)9-17-10(2)8-13(12(17)4)14(18)11(3)16/h8,11H,7,9H2,1-6H3. The van der Waals surface area contributed by atoms with E-state index in [0.717, 1.165) is 17.9 Å². The van der Waals surface area contributed by atoms with E-state index in [-0.39, 0.29) is 11.4 Å². The molecule has 0 spiro atoms. The summed E-state index contributed by atoms with van der Waals surface area (Å²) in [6.45, 7) is 13.2. The molecule has 0 aliphatic rings. The zero-order valence-electron chi connectivity index (χ0n) is 12.7. The molecule has 1 atom stereocenters. The molecule has 0 saturated carbocycles. The van der Waals surface area contributed by atoms with Crippen LogP contribution in [0.3, 0.4) is 0 Å². The van der Waals surface area contributed by atoms with Gasteiger partial charge in [0.2, 0.25) is 0 Å². The van der Waals surface area contributed by atoms with Gasteiger partial charge in [-0.2, -0.15) is 0 Å². The minimum atomic E-state index is -0.492. The summed E-state index contributed by atoms with van der Waals surface area (Å²) in [5.41, 5.74) is 2.48. The van der Waals surface area contributed by atoms with Crippen molar-refractivity contribution in [3.05, 3.63) is 23.0 Å². The summed E-state index contributed by atoms with van der Waals surface area (Å²) in [4.78, 5) is 12.0. The van der Waals surface area contributed by atoms with E-state index in [2.05, 4.69) is 18.4 Å². The van der Waals surface area contributed by atoms with Gasteiger partial charge in [-0.05, 0) is 47.6 Å². The first-order valence-corrected chi connectivity index (χ1v) is 7.12. The number of nitrogens with zero attached hydrogens (tertiary/aromatic N) is 1. The quantitative estimate of drug-likeness (QED) is 0.589. The molecular weight excluding hydrogens is 262 g/mol. The predicted octanol–water partition coefficient (Wildman–Crippen LogP) is 3.73. The Morgan fingerprint density at radius 2 is 2.05 bits per heavy atom. The van der Waals surface area contributed by atoms with Gasteiger partial charge in [0.25, 0.3) is 0 Å². The fourth-order valence-corrected chi connectivity index (χ4v) is 2.44. The van der Waals surface area contributed by atoms with Gasteiger partial charge in [-0.1, -0.05) is 0 Å². The van der Waals surface area contributed by atoms with Crippen LogP contribution in [0.1, 0.15) is 49.4 Å². The van der Waals surface area contributed by atoms with Gasteiger partial charge >= 0.3 is 0 Å². The lowest BCUT2D eigenvalue weighted by molar-refractivity contribution is -0.0230. The second kappa shape index (κ2) is 6.10. The average Bonchev–Trinajstić information content (AvgIpc) is 2.55. The number of Topliss-reactive ketones (excluding diaryl/α,β-unsaturated/α-hetero) is 1. The number of carbonyl (C=O) groups excluding carboxylic acids is 1. The fourth-order valence-electron chi connectivity index (χ4n) is 2.33. The Bertz CT molecular complexity index is 461. The molecule has 0 aromatic carbocycles. The lowest BCUT2D eigenvalue weighted by Crippen LogP contribution is -2.31. The number of carbonyl (C=O) groups is 1. The summed E-state index contributed by atoms with van der Waals surface area (Å²) < 4.78 is 7.86. The van der Waals surface area contributed by atoms with E-state index in [9.17, 15) is 4.79 Å². The first-order valence-electron chi connectivity index (χ1n) is 6.68. The highest BCUT2D eigenvalue weighted by molar-refractivity contribution is 6.33. The lowest BCUT2D eigenvalue weighted by Gasteiger charge is -2.27. The van der Waals surface area contributed by atoms with E-state index in [4.69, 9.17) is 16.3 Å². The molecule has 0 aliphatic heterocycles. The zero-order valence-corrected chi connectivity index (χ0v) is 13.5. The molecule has 1 heterocycles. The third-order valence-corrected chi connectivity index (χ3v) is 3.47. The van der Waals surface area contributed by atoms with Crippen molar-refractivity contribution in [3.63, 3.8) is 0 Å². The van der Waals surface area contributed by atoms with Crippen molar-refractivity contribution >= 4 is 17.4 Å². The Labute approximate surface area is 120 Å². The number of ketones is 1. The van der Waals surface area contributed by atoms with Gasteiger partial charge in [-0.3, -0.25) is 4.79 Å². The summed E-state index contributed by atoms with van der Waals surface area (Å²) in [5.74, 6) is -0.0183. The van der Waals surface area contributed by atoms with Crippen molar-refractivity contribution in [1.82, 2.24) is 4.57 Å². The van der Waals surface area contributed by atoms with Gasteiger partial charge in [-0.25, -0.2) is 0 Å². The zero-order chi connectivity index (χ0) is 14.8. The fraction of sp³-hybridized carbons (Fsp3) is 0.667. The number of aryl methyl sites for hydroxylation is 1. The van der Waals surface area contributed by atoms with Crippen molar-refractivity contribution in [2.75, 3.05) is 6.61 Å². The van der Waals surface area contributed by atoms with Gasteiger partial charge in [-0.15, -0.1) is 11.6 Å². The number of alkyl halides is 1. The van der Waals surface area contributed by atoms with E-state index in [1.165, 1.54) is 0 Å². The topological polar surface area (TPSA) is 31.2 Å². The summed E-state index contributed by atoms with van der Waals surface area (Å²) >= 11 is 5.90. The van der Waals surface area contributed by atoms with Crippen LogP contribution in [0.4, 0.5) is 0 Å². The Morgan fingerprint density at radius 1 is 1.47 bits per heavy atom. The molecular formula is C15H24ClNO2. The Hall–Kier alpha value is -0.800. The van der Waals surface area contributed by atoms with E-state index < -0.39 is 5.38 Å². The van der Waals surface area contributed by atoms with Crippen molar-refractivity contribution < 1.29 is 9.53 Å². The normalized spacial score (nSPS) is 13.6. The number of rotatable bonds is 6. The first kappa shape index (κ1) is 16.3. The summed E-state index contributed by atoms with van der Waals surface area (Å²) in [6.07, 6.45) is 0. The number of aromatic nitrogens is 1.